The third-order valence-corrected chi connectivity index (χ3v) is 4.84. The second-order valence-electron chi connectivity index (χ2n) is 6.28. The molecule has 2 aliphatic rings. The maximum atomic E-state index is 12.2. The van der Waals surface area contributed by atoms with E-state index in [0.29, 0.717) is 5.56 Å². The number of amides is 1. The van der Waals surface area contributed by atoms with Gasteiger partial charge in [0.15, 0.2) is 0 Å². The Kier molecular flexibility index (Phi) is 3.91. The second-order valence-corrected chi connectivity index (χ2v) is 6.28. The predicted octanol–water partition coefficient (Wildman–Crippen LogP) is 1.74. The van der Waals surface area contributed by atoms with Crippen LogP contribution in [0.1, 0.15) is 48.0 Å². The Morgan fingerprint density at radius 2 is 1.91 bits per heavy atom. The van der Waals surface area contributed by atoms with Crippen molar-refractivity contribution in [1.29, 1.82) is 0 Å². The molecule has 1 atom stereocenters. The topological polar surface area (TPSA) is 75.6 Å². The number of nitrogens with one attached hydrogen (secondary N) is 1. The molecule has 2 N–H and O–H groups in total. The summed E-state index contributed by atoms with van der Waals surface area (Å²) < 4.78 is 4.68. The normalized spacial score (nSPS) is 20.6. The number of aliphatic hydroxyl groups excluding tert-OH is 1. The summed E-state index contributed by atoms with van der Waals surface area (Å²) in [6.45, 7) is 0. The Labute approximate surface area is 129 Å². The molecule has 0 spiro atoms. The van der Waals surface area contributed by atoms with Gasteiger partial charge in [0.05, 0.1) is 18.2 Å². The molecule has 3 rings (SSSR count). The standard InChI is InChI=1S/C17H21NO4/c1-22-16(21)12-5-7-13(8-6-12)17(9-10-17)18-15(20)14(19)11-3-2-4-11/h5-8,11,14,19H,2-4,9-10H2,1H3,(H,18,20). The smallest absolute Gasteiger partial charge is 0.337 e. The molecule has 1 unspecified atom stereocenters. The van der Waals surface area contributed by atoms with Crippen molar-refractivity contribution < 1.29 is 19.4 Å². The van der Waals surface area contributed by atoms with Gasteiger partial charge in [-0.2, -0.15) is 0 Å². The van der Waals surface area contributed by atoms with Crippen LogP contribution in [0.5, 0.6) is 0 Å². The lowest BCUT2D eigenvalue weighted by molar-refractivity contribution is -0.134. The lowest BCUT2D eigenvalue weighted by Gasteiger charge is -2.30. The number of carbonyl (C=O) groups excluding carboxylic acids is 2. The first-order valence-corrected chi connectivity index (χ1v) is 7.75. The van der Waals surface area contributed by atoms with Crippen molar-refractivity contribution in [2.24, 2.45) is 5.92 Å². The van der Waals surface area contributed by atoms with Gasteiger partial charge in [-0.05, 0) is 49.3 Å². The van der Waals surface area contributed by atoms with Crippen LogP contribution in [0.15, 0.2) is 24.3 Å². The molecule has 0 heterocycles. The summed E-state index contributed by atoms with van der Waals surface area (Å²) in [7, 11) is 1.35. The molecule has 2 aliphatic carbocycles. The third kappa shape index (κ3) is 2.73. The van der Waals surface area contributed by atoms with Crippen LogP contribution < -0.4 is 5.32 Å². The predicted molar refractivity (Wildman–Crippen MR) is 80.2 cm³/mol. The van der Waals surface area contributed by atoms with Crippen molar-refractivity contribution in [2.75, 3.05) is 7.11 Å². The van der Waals surface area contributed by atoms with Crippen molar-refractivity contribution in [3.63, 3.8) is 0 Å². The summed E-state index contributed by atoms with van der Waals surface area (Å²) in [6, 6.07) is 7.09. The van der Waals surface area contributed by atoms with E-state index in [1.165, 1.54) is 7.11 Å². The number of benzene rings is 1. The van der Waals surface area contributed by atoms with Crippen LogP contribution in [0, 0.1) is 5.92 Å². The Balaban J connectivity index is 1.68. The molecular formula is C17H21NO4. The molecule has 1 aromatic carbocycles. The zero-order valence-electron chi connectivity index (χ0n) is 12.7. The molecule has 5 nitrogen and oxygen atoms in total. The van der Waals surface area contributed by atoms with Crippen LogP contribution in [0.3, 0.4) is 0 Å². The molecule has 0 radical (unpaired) electrons. The molecule has 1 amide bonds. The van der Waals surface area contributed by atoms with Crippen molar-refractivity contribution in [3.8, 4) is 0 Å². The number of carbonyl (C=O) groups is 2. The SMILES string of the molecule is COC(=O)c1ccc(C2(NC(=O)C(O)C3CCC3)CC2)cc1. The van der Waals surface area contributed by atoms with Gasteiger partial charge in [0.2, 0.25) is 5.91 Å². The van der Waals surface area contributed by atoms with Crippen molar-refractivity contribution >= 4 is 11.9 Å². The monoisotopic (exact) mass is 303 g/mol. The van der Waals surface area contributed by atoms with E-state index in [-0.39, 0.29) is 23.3 Å². The van der Waals surface area contributed by atoms with Gasteiger partial charge in [-0.1, -0.05) is 18.6 Å². The molecule has 2 fully saturated rings. The quantitative estimate of drug-likeness (QED) is 0.812. The van der Waals surface area contributed by atoms with Crippen LogP contribution in [-0.2, 0) is 15.1 Å². The third-order valence-electron chi connectivity index (χ3n) is 4.84. The minimum atomic E-state index is -0.902. The number of aliphatic hydroxyl groups is 1. The average molecular weight is 303 g/mol. The molecule has 2 saturated carbocycles. The summed E-state index contributed by atoms with van der Waals surface area (Å²) in [5.74, 6) is -0.544. The second kappa shape index (κ2) is 5.72. The number of rotatable bonds is 5. The fraction of sp³-hybridized carbons (Fsp3) is 0.529. The zero-order valence-corrected chi connectivity index (χ0v) is 12.7. The lowest BCUT2D eigenvalue weighted by Crippen LogP contribution is -2.46. The van der Waals surface area contributed by atoms with E-state index in [0.717, 1.165) is 37.7 Å². The highest BCUT2D eigenvalue weighted by Gasteiger charge is 2.47. The maximum Gasteiger partial charge on any atom is 0.337 e. The molecule has 118 valence electrons. The Morgan fingerprint density at radius 3 is 2.36 bits per heavy atom. The molecule has 0 bridgehead atoms. The summed E-state index contributed by atoms with van der Waals surface area (Å²) in [5.41, 5.74) is 1.08. The minimum absolute atomic E-state index is 0.109. The van der Waals surface area contributed by atoms with Crippen LogP contribution >= 0.6 is 0 Å². The summed E-state index contributed by atoms with van der Waals surface area (Å²) in [5, 5.41) is 13.0. The molecule has 0 saturated heterocycles. The maximum absolute atomic E-state index is 12.2. The molecule has 0 aromatic heterocycles. The highest BCUT2D eigenvalue weighted by molar-refractivity contribution is 5.89. The average Bonchev–Trinajstić information content (AvgIpc) is 3.25. The van der Waals surface area contributed by atoms with Crippen LogP contribution in [0.2, 0.25) is 0 Å². The Bertz CT molecular complexity index is 573. The number of hydrogen-bond acceptors (Lipinski definition) is 4. The lowest BCUT2D eigenvalue weighted by atomic mass is 9.80. The van der Waals surface area contributed by atoms with Crippen LogP contribution in [-0.4, -0.2) is 30.2 Å². The Morgan fingerprint density at radius 1 is 1.27 bits per heavy atom. The zero-order chi connectivity index (χ0) is 15.7. The number of hydrogen-bond donors (Lipinski definition) is 2. The van der Waals surface area contributed by atoms with E-state index >= 15 is 0 Å². The largest absolute Gasteiger partial charge is 0.465 e. The highest BCUT2D eigenvalue weighted by Crippen LogP contribution is 2.46. The van der Waals surface area contributed by atoms with Gasteiger partial charge >= 0.3 is 5.97 Å². The van der Waals surface area contributed by atoms with E-state index in [1.54, 1.807) is 12.1 Å². The van der Waals surface area contributed by atoms with Gasteiger partial charge in [-0.25, -0.2) is 4.79 Å². The van der Waals surface area contributed by atoms with Crippen molar-refractivity contribution in [3.05, 3.63) is 35.4 Å². The summed E-state index contributed by atoms with van der Waals surface area (Å²) >= 11 is 0. The number of ether oxygens (including phenoxy) is 1. The highest BCUT2D eigenvalue weighted by atomic mass is 16.5. The van der Waals surface area contributed by atoms with Gasteiger partial charge in [0.25, 0.3) is 0 Å². The Hall–Kier alpha value is -1.88. The molecule has 0 aliphatic heterocycles. The molecular weight excluding hydrogens is 282 g/mol. The summed E-state index contributed by atoms with van der Waals surface area (Å²) in [4.78, 5) is 23.6. The number of methoxy groups -OCH3 is 1. The van der Waals surface area contributed by atoms with E-state index in [2.05, 4.69) is 10.1 Å². The van der Waals surface area contributed by atoms with Crippen molar-refractivity contribution in [1.82, 2.24) is 5.32 Å². The first kappa shape index (κ1) is 15.0. The molecule has 1 aromatic rings. The van der Waals surface area contributed by atoms with Crippen molar-refractivity contribution in [2.45, 2.75) is 43.7 Å². The fourth-order valence-corrected chi connectivity index (χ4v) is 2.93. The molecule has 5 heteroatoms. The van der Waals surface area contributed by atoms with Gasteiger partial charge in [0, 0.05) is 0 Å². The van der Waals surface area contributed by atoms with Gasteiger partial charge in [-0.3, -0.25) is 4.79 Å². The first-order chi connectivity index (χ1) is 10.6. The first-order valence-electron chi connectivity index (χ1n) is 7.75. The van der Waals surface area contributed by atoms with E-state index < -0.39 is 6.10 Å². The number of esters is 1. The minimum Gasteiger partial charge on any atom is -0.465 e. The van der Waals surface area contributed by atoms with E-state index in [4.69, 9.17) is 0 Å². The van der Waals surface area contributed by atoms with E-state index in [1.807, 2.05) is 12.1 Å². The summed E-state index contributed by atoms with van der Waals surface area (Å²) in [6.07, 6.45) is 3.75. The van der Waals surface area contributed by atoms with E-state index in [9.17, 15) is 14.7 Å². The fourth-order valence-electron chi connectivity index (χ4n) is 2.93. The van der Waals surface area contributed by atoms with Gasteiger partial charge < -0.3 is 15.2 Å². The van der Waals surface area contributed by atoms with Crippen LogP contribution in [0.4, 0.5) is 0 Å². The van der Waals surface area contributed by atoms with Gasteiger partial charge in [0.1, 0.15) is 6.10 Å². The van der Waals surface area contributed by atoms with Crippen LogP contribution in [0.25, 0.3) is 0 Å². The molecule has 22 heavy (non-hydrogen) atoms. The van der Waals surface area contributed by atoms with Gasteiger partial charge in [-0.15, -0.1) is 0 Å².